The van der Waals surface area contributed by atoms with Gasteiger partial charge >= 0.3 is 0 Å². The number of aromatic nitrogens is 1. The van der Waals surface area contributed by atoms with Crippen molar-refractivity contribution in [3.63, 3.8) is 0 Å². The molecular weight excluding hydrogens is 419 g/mol. The van der Waals surface area contributed by atoms with Gasteiger partial charge in [0.1, 0.15) is 0 Å². The lowest BCUT2D eigenvalue weighted by Gasteiger charge is -2.03. The van der Waals surface area contributed by atoms with Gasteiger partial charge in [-0.3, -0.25) is 10.1 Å². The van der Waals surface area contributed by atoms with Crippen LogP contribution in [0.15, 0.2) is 53.9 Å². The zero-order valence-corrected chi connectivity index (χ0v) is 15.5. The number of carbonyl (C=O) groups excluding carboxylic acids is 1. The van der Waals surface area contributed by atoms with Crippen LogP contribution in [0.2, 0.25) is 0 Å². The number of rotatable bonds is 4. The molecule has 0 aliphatic rings. The van der Waals surface area contributed by atoms with E-state index in [1.54, 1.807) is 0 Å². The molecule has 0 saturated heterocycles. The maximum atomic E-state index is 12.3. The van der Waals surface area contributed by atoms with E-state index in [1.165, 1.54) is 16.9 Å². The summed E-state index contributed by atoms with van der Waals surface area (Å²) in [5, 5.41) is 5.46. The molecule has 0 unspecified atom stereocenters. The summed E-state index contributed by atoms with van der Waals surface area (Å²) in [4.78, 5) is 16.8. The summed E-state index contributed by atoms with van der Waals surface area (Å²) < 4.78 is 0.925. The van der Waals surface area contributed by atoms with Crippen LogP contribution in [0.1, 0.15) is 22.8 Å². The normalized spacial score (nSPS) is 10.5. The molecule has 5 heteroatoms. The molecule has 0 atom stereocenters. The number of halogens is 1. The molecule has 0 aliphatic carbocycles. The zero-order valence-electron chi connectivity index (χ0n) is 12.5. The van der Waals surface area contributed by atoms with Crippen molar-refractivity contribution in [3.8, 4) is 11.3 Å². The Labute approximate surface area is 152 Å². The van der Waals surface area contributed by atoms with Crippen LogP contribution in [0.3, 0.4) is 0 Å². The van der Waals surface area contributed by atoms with Gasteiger partial charge in [-0.15, -0.1) is 11.3 Å². The molecule has 2 aromatic carbocycles. The molecule has 0 aliphatic heterocycles. The first-order chi connectivity index (χ1) is 11.2. The van der Waals surface area contributed by atoms with Gasteiger partial charge < -0.3 is 0 Å². The number of amides is 1. The lowest BCUT2D eigenvalue weighted by molar-refractivity contribution is 0.102. The minimum atomic E-state index is -0.128. The highest BCUT2D eigenvalue weighted by Gasteiger charge is 2.12. The molecule has 0 radical (unpaired) electrons. The van der Waals surface area contributed by atoms with Crippen LogP contribution in [0, 0.1) is 3.57 Å². The van der Waals surface area contributed by atoms with Gasteiger partial charge in [-0.25, -0.2) is 4.98 Å². The van der Waals surface area contributed by atoms with E-state index in [2.05, 4.69) is 64.1 Å². The number of thiazole rings is 1. The van der Waals surface area contributed by atoms with E-state index in [1.807, 2.05) is 29.6 Å². The maximum absolute atomic E-state index is 12.3. The number of anilines is 1. The number of hydrogen-bond acceptors (Lipinski definition) is 3. The van der Waals surface area contributed by atoms with E-state index in [-0.39, 0.29) is 5.91 Å². The Morgan fingerprint density at radius 1 is 1.17 bits per heavy atom. The number of carbonyl (C=O) groups is 1. The fourth-order valence-electron chi connectivity index (χ4n) is 2.18. The third-order valence-corrected chi connectivity index (χ3v) is 5.20. The Bertz CT molecular complexity index is 827. The van der Waals surface area contributed by atoms with Gasteiger partial charge in [0.25, 0.3) is 5.91 Å². The summed E-state index contributed by atoms with van der Waals surface area (Å²) in [6, 6.07) is 15.9. The summed E-state index contributed by atoms with van der Waals surface area (Å²) in [5.41, 5.74) is 3.91. The third kappa shape index (κ3) is 3.79. The van der Waals surface area contributed by atoms with Gasteiger partial charge in [-0.2, -0.15) is 0 Å². The smallest absolute Gasteiger partial charge is 0.258 e. The highest BCUT2D eigenvalue weighted by Crippen LogP contribution is 2.26. The van der Waals surface area contributed by atoms with Crippen molar-refractivity contribution in [2.75, 3.05) is 5.32 Å². The molecule has 0 spiro atoms. The average molecular weight is 434 g/mol. The van der Waals surface area contributed by atoms with Crippen molar-refractivity contribution in [1.29, 1.82) is 0 Å². The minimum Gasteiger partial charge on any atom is -0.298 e. The molecule has 3 nitrogen and oxygen atoms in total. The molecule has 1 N–H and O–H groups in total. The van der Waals surface area contributed by atoms with Crippen LogP contribution in [0.25, 0.3) is 11.3 Å². The van der Waals surface area contributed by atoms with Gasteiger partial charge in [-0.1, -0.05) is 43.3 Å². The first-order valence-electron chi connectivity index (χ1n) is 7.28. The van der Waals surface area contributed by atoms with Crippen LogP contribution in [0.5, 0.6) is 0 Å². The lowest BCUT2D eigenvalue weighted by Crippen LogP contribution is -2.13. The van der Waals surface area contributed by atoms with Gasteiger partial charge in [-0.05, 0) is 46.7 Å². The van der Waals surface area contributed by atoms with Crippen molar-refractivity contribution >= 4 is 45.0 Å². The number of hydrogen-bond donors (Lipinski definition) is 1. The Morgan fingerprint density at radius 3 is 2.61 bits per heavy atom. The molecule has 3 rings (SSSR count). The van der Waals surface area contributed by atoms with Gasteiger partial charge in [0.15, 0.2) is 5.13 Å². The Morgan fingerprint density at radius 2 is 1.91 bits per heavy atom. The second kappa shape index (κ2) is 7.23. The molecule has 3 aromatic rings. The molecule has 116 valence electrons. The number of aryl methyl sites for hydroxylation is 1. The van der Waals surface area contributed by atoms with E-state index in [4.69, 9.17) is 0 Å². The summed E-state index contributed by atoms with van der Waals surface area (Å²) in [5.74, 6) is -0.128. The molecule has 23 heavy (non-hydrogen) atoms. The summed E-state index contributed by atoms with van der Waals surface area (Å²) >= 11 is 3.60. The fraction of sp³-hybridized carbons (Fsp3) is 0.111. The predicted molar refractivity (Wildman–Crippen MR) is 104 cm³/mol. The van der Waals surface area contributed by atoms with Crippen molar-refractivity contribution in [1.82, 2.24) is 4.98 Å². The van der Waals surface area contributed by atoms with Crippen LogP contribution < -0.4 is 5.32 Å². The van der Waals surface area contributed by atoms with Crippen molar-refractivity contribution in [3.05, 3.63) is 68.6 Å². The summed E-state index contributed by atoms with van der Waals surface area (Å²) in [6.45, 7) is 2.14. The molecule has 1 aromatic heterocycles. The van der Waals surface area contributed by atoms with E-state index < -0.39 is 0 Å². The van der Waals surface area contributed by atoms with Crippen molar-refractivity contribution in [2.45, 2.75) is 13.3 Å². The topological polar surface area (TPSA) is 42.0 Å². The Balaban J connectivity index is 1.76. The van der Waals surface area contributed by atoms with Gasteiger partial charge in [0.05, 0.1) is 11.3 Å². The maximum Gasteiger partial charge on any atom is 0.258 e. The monoisotopic (exact) mass is 434 g/mol. The molecule has 0 fully saturated rings. The molecular formula is C18H15IN2OS. The first-order valence-corrected chi connectivity index (χ1v) is 9.24. The number of benzene rings is 2. The van der Waals surface area contributed by atoms with E-state index >= 15 is 0 Å². The van der Waals surface area contributed by atoms with E-state index in [0.29, 0.717) is 10.7 Å². The largest absolute Gasteiger partial charge is 0.298 e. The van der Waals surface area contributed by atoms with Crippen molar-refractivity contribution < 1.29 is 4.79 Å². The minimum absolute atomic E-state index is 0.128. The predicted octanol–water partition coefficient (Wildman–Crippen LogP) is 5.23. The molecule has 0 bridgehead atoms. The molecule has 1 amide bonds. The standard InChI is InChI=1S/C18H15IN2OS/c1-2-12-7-9-13(10-8-12)16-11-23-18(20-16)21-17(22)14-5-3-4-6-15(14)19/h3-11H,2H2,1H3,(H,20,21,22). The SMILES string of the molecule is CCc1ccc(-c2csc(NC(=O)c3ccccc3I)n2)cc1. The lowest BCUT2D eigenvalue weighted by atomic mass is 10.1. The number of nitrogens with one attached hydrogen (secondary N) is 1. The molecule has 0 saturated carbocycles. The Hall–Kier alpha value is -1.73. The quantitative estimate of drug-likeness (QED) is 0.572. The van der Waals surface area contributed by atoms with Gasteiger partial charge in [0, 0.05) is 14.5 Å². The summed E-state index contributed by atoms with van der Waals surface area (Å²) in [7, 11) is 0. The third-order valence-electron chi connectivity index (χ3n) is 3.50. The fourth-order valence-corrected chi connectivity index (χ4v) is 3.53. The summed E-state index contributed by atoms with van der Waals surface area (Å²) in [6.07, 6.45) is 1.02. The van der Waals surface area contributed by atoms with Crippen LogP contribution in [0.4, 0.5) is 5.13 Å². The second-order valence-electron chi connectivity index (χ2n) is 5.02. The highest BCUT2D eigenvalue weighted by molar-refractivity contribution is 14.1. The average Bonchev–Trinajstić information content (AvgIpc) is 3.03. The highest BCUT2D eigenvalue weighted by atomic mass is 127. The van der Waals surface area contributed by atoms with Crippen LogP contribution in [-0.2, 0) is 6.42 Å². The first kappa shape index (κ1) is 16.1. The van der Waals surface area contributed by atoms with E-state index in [9.17, 15) is 4.79 Å². The second-order valence-corrected chi connectivity index (χ2v) is 7.04. The molecule has 1 heterocycles. The van der Waals surface area contributed by atoms with Gasteiger partial charge in [0.2, 0.25) is 0 Å². The van der Waals surface area contributed by atoms with Crippen LogP contribution in [-0.4, -0.2) is 10.9 Å². The zero-order chi connectivity index (χ0) is 16.2. The Kier molecular flexibility index (Phi) is 5.07. The van der Waals surface area contributed by atoms with Crippen LogP contribution >= 0.6 is 33.9 Å². The number of nitrogens with zero attached hydrogens (tertiary/aromatic N) is 1. The van der Waals surface area contributed by atoms with E-state index in [0.717, 1.165) is 21.2 Å². The van der Waals surface area contributed by atoms with Crippen molar-refractivity contribution in [2.24, 2.45) is 0 Å².